The Morgan fingerprint density at radius 3 is 2.50 bits per heavy atom. The summed E-state index contributed by atoms with van der Waals surface area (Å²) in [7, 11) is 0. The maximum atomic E-state index is 9.72. The average Bonchev–Trinajstić information content (AvgIpc) is 3.02. The molecule has 1 fully saturated rings. The summed E-state index contributed by atoms with van der Waals surface area (Å²) in [5, 5.41) is 10.8. The molecule has 0 radical (unpaired) electrons. The minimum atomic E-state index is -0.401. The van der Waals surface area contributed by atoms with Crippen LogP contribution >= 0.6 is 11.3 Å². The lowest BCUT2D eigenvalue weighted by Gasteiger charge is -2.22. The van der Waals surface area contributed by atoms with Gasteiger partial charge in [-0.2, -0.15) is 0 Å². The first-order valence-corrected chi connectivity index (χ1v) is 7.72. The highest BCUT2D eigenvalue weighted by atomic mass is 32.1. The molecule has 1 atom stereocenters. The average molecular weight is 268 g/mol. The fourth-order valence-corrected chi connectivity index (χ4v) is 3.22. The predicted octanol–water partition coefficient (Wildman–Crippen LogP) is 3.52. The molecule has 4 heteroatoms. The van der Waals surface area contributed by atoms with E-state index in [-0.39, 0.29) is 0 Å². The van der Waals surface area contributed by atoms with E-state index in [1.807, 2.05) is 13.8 Å². The molecule has 1 N–H and O–H groups in total. The second-order valence-corrected chi connectivity index (χ2v) is 6.74. The molecule has 1 saturated carbocycles. The molecule has 0 bridgehead atoms. The van der Waals surface area contributed by atoms with Crippen molar-refractivity contribution in [2.45, 2.75) is 59.1 Å². The van der Waals surface area contributed by atoms with Crippen LogP contribution in [0.4, 0.5) is 5.13 Å². The molecule has 3 nitrogen and oxygen atoms in total. The normalized spacial score (nSPS) is 17.2. The summed E-state index contributed by atoms with van der Waals surface area (Å²) < 4.78 is 0. The standard InChI is InChI=1S/C14H24N2OS/c1-9(2)7-8-16(12-5-6-12)14-15-10(3)13(18-14)11(4)17/h9,11-12,17H,5-8H2,1-4H3. The Morgan fingerprint density at radius 1 is 1.39 bits per heavy atom. The Kier molecular flexibility index (Phi) is 4.28. The second-order valence-electron chi connectivity index (χ2n) is 5.73. The highest BCUT2D eigenvalue weighted by molar-refractivity contribution is 7.15. The van der Waals surface area contributed by atoms with Gasteiger partial charge in [0, 0.05) is 12.6 Å². The lowest BCUT2D eigenvalue weighted by molar-refractivity contribution is 0.202. The van der Waals surface area contributed by atoms with Crippen molar-refractivity contribution in [3.05, 3.63) is 10.6 Å². The summed E-state index contributed by atoms with van der Waals surface area (Å²) in [6, 6.07) is 0.691. The zero-order valence-electron chi connectivity index (χ0n) is 11.8. The van der Waals surface area contributed by atoms with Crippen molar-refractivity contribution in [3.8, 4) is 0 Å². The molecule has 1 unspecified atom stereocenters. The second kappa shape index (κ2) is 5.57. The Balaban J connectivity index is 2.12. The number of aryl methyl sites for hydroxylation is 1. The highest BCUT2D eigenvalue weighted by Gasteiger charge is 2.31. The van der Waals surface area contributed by atoms with Crippen molar-refractivity contribution in [1.82, 2.24) is 4.98 Å². The van der Waals surface area contributed by atoms with E-state index < -0.39 is 6.10 Å². The van der Waals surface area contributed by atoms with Gasteiger partial charge in [-0.05, 0) is 39.0 Å². The maximum Gasteiger partial charge on any atom is 0.186 e. The van der Waals surface area contributed by atoms with Crippen molar-refractivity contribution in [2.24, 2.45) is 5.92 Å². The Bertz CT molecular complexity index is 396. The van der Waals surface area contributed by atoms with E-state index in [0.29, 0.717) is 6.04 Å². The molecule has 0 aliphatic heterocycles. The molecule has 1 heterocycles. The van der Waals surface area contributed by atoms with Crippen LogP contribution in [0.5, 0.6) is 0 Å². The number of thiazole rings is 1. The van der Waals surface area contributed by atoms with Crippen LogP contribution in [0.25, 0.3) is 0 Å². The van der Waals surface area contributed by atoms with Crippen molar-refractivity contribution in [1.29, 1.82) is 0 Å². The van der Waals surface area contributed by atoms with E-state index in [4.69, 9.17) is 0 Å². The number of hydrogen-bond donors (Lipinski definition) is 1. The largest absolute Gasteiger partial charge is 0.388 e. The number of aliphatic hydroxyl groups excluding tert-OH is 1. The quantitative estimate of drug-likeness (QED) is 0.857. The van der Waals surface area contributed by atoms with Gasteiger partial charge in [0.1, 0.15) is 0 Å². The van der Waals surface area contributed by atoms with Gasteiger partial charge < -0.3 is 10.0 Å². The predicted molar refractivity (Wildman–Crippen MR) is 77.3 cm³/mol. The third-order valence-electron chi connectivity index (χ3n) is 3.38. The number of rotatable bonds is 6. The van der Waals surface area contributed by atoms with Crippen LogP contribution in [0.1, 0.15) is 56.7 Å². The van der Waals surface area contributed by atoms with Crippen molar-refractivity contribution >= 4 is 16.5 Å². The number of aliphatic hydroxyl groups is 1. The zero-order valence-corrected chi connectivity index (χ0v) is 12.6. The first-order valence-electron chi connectivity index (χ1n) is 6.91. The van der Waals surface area contributed by atoms with Gasteiger partial charge in [-0.15, -0.1) is 0 Å². The van der Waals surface area contributed by atoms with Crippen LogP contribution in [-0.4, -0.2) is 22.7 Å². The van der Waals surface area contributed by atoms with E-state index >= 15 is 0 Å². The van der Waals surface area contributed by atoms with Gasteiger partial charge in [-0.25, -0.2) is 4.98 Å². The van der Waals surface area contributed by atoms with E-state index in [1.165, 1.54) is 19.3 Å². The van der Waals surface area contributed by atoms with Crippen LogP contribution in [0.2, 0.25) is 0 Å². The number of nitrogens with zero attached hydrogens (tertiary/aromatic N) is 2. The fourth-order valence-electron chi connectivity index (χ4n) is 2.12. The summed E-state index contributed by atoms with van der Waals surface area (Å²) >= 11 is 1.66. The van der Waals surface area contributed by atoms with Crippen LogP contribution in [-0.2, 0) is 0 Å². The van der Waals surface area contributed by atoms with Gasteiger partial charge in [0.15, 0.2) is 5.13 Å². The van der Waals surface area contributed by atoms with E-state index in [0.717, 1.165) is 28.2 Å². The first-order chi connectivity index (χ1) is 8.49. The fraction of sp³-hybridized carbons (Fsp3) is 0.786. The molecule has 0 amide bonds. The molecule has 1 aliphatic carbocycles. The van der Waals surface area contributed by atoms with Gasteiger partial charge in [-0.3, -0.25) is 0 Å². The zero-order chi connectivity index (χ0) is 13.3. The van der Waals surface area contributed by atoms with Crippen LogP contribution < -0.4 is 4.90 Å². The summed E-state index contributed by atoms with van der Waals surface area (Å²) in [5.41, 5.74) is 0.986. The summed E-state index contributed by atoms with van der Waals surface area (Å²) in [5.74, 6) is 0.726. The van der Waals surface area contributed by atoms with Gasteiger partial charge >= 0.3 is 0 Å². The third-order valence-corrected chi connectivity index (χ3v) is 4.75. The first kappa shape index (κ1) is 13.8. The smallest absolute Gasteiger partial charge is 0.186 e. The summed E-state index contributed by atoms with van der Waals surface area (Å²) in [4.78, 5) is 8.12. The van der Waals surface area contributed by atoms with Crippen LogP contribution in [0, 0.1) is 12.8 Å². The van der Waals surface area contributed by atoms with Crippen molar-refractivity contribution < 1.29 is 5.11 Å². The molecule has 0 spiro atoms. The minimum absolute atomic E-state index is 0.401. The molecule has 102 valence electrons. The summed E-state index contributed by atoms with van der Waals surface area (Å²) in [6.45, 7) is 9.43. The van der Waals surface area contributed by atoms with Crippen LogP contribution in [0.15, 0.2) is 0 Å². The van der Waals surface area contributed by atoms with Crippen LogP contribution in [0.3, 0.4) is 0 Å². The van der Waals surface area contributed by atoms with Crippen molar-refractivity contribution in [2.75, 3.05) is 11.4 Å². The molecule has 1 aromatic heterocycles. The molecule has 0 saturated heterocycles. The highest BCUT2D eigenvalue weighted by Crippen LogP contribution is 2.37. The number of anilines is 1. The number of hydrogen-bond acceptors (Lipinski definition) is 4. The Labute approximate surface area is 114 Å². The summed E-state index contributed by atoms with van der Waals surface area (Å²) in [6.07, 6.45) is 3.39. The van der Waals surface area contributed by atoms with E-state index in [9.17, 15) is 5.11 Å². The minimum Gasteiger partial charge on any atom is -0.388 e. The van der Waals surface area contributed by atoms with Gasteiger partial charge in [0.25, 0.3) is 0 Å². The molecule has 1 aromatic rings. The van der Waals surface area contributed by atoms with Gasteiger partial charge in [0.2, 0.25) is 0 Å². The van der Waals surface area contributed by atoms with Gasteiger partial charge in [0.05, 0.1) is 16.7 Å². The molecule has 1 aliphatic rings. The lowest BCUT2D eigenvalue weighted by atomic mass is 10.1. The Morgan fingerprint density at radius 2 is 2.06 bits per heavy atom. The molecule has 18 heavy (non-hydrogen) atoms. The topological polar surface area (TPSA) is 36.4 Å². The third kappa shape index (κ3) is 3.23. The lowest BCUT2D eigenvalue weighted by Crippen LogP contribution is -2.27. The Hall–Kier alpha value is -0.610. The van der Waals surface area contributed by atoms with E-state index in [1.54, 1.807) is 11.3 Å². The molecule has 0 aromatic carbocycles. The van der Waals surface area contributed by atoms with Crippen molar-refractivity contribution in [3.63, 3.8) is 0 Å². The van der Waals surface area contributed by atoms with Gasteiger partial charge in [-0.1, -0.05) is 25.2 Å². The number of aromatic nitrogens is 1. The monoisotopic (exact) mass is 268 g/mol. The maximum absolute atomic E-state index is 9.72. The molecular weight excluding hydrogens is 244 g/mol. The van der Waals surface area contributed by atoms with E-state index in [2.05, 4.69) is 23.7 Å². The molecule has 2 rings (SSSR count). The SMILES string of the molecule is Cc1nc(N(CCC(C)C)C2CC2)sc1C(C)O. The molecular formula is C14H24N2OS.